The van der Waals surface area contributed by atoms with E-state index in [1.165, 1.54) is 0 Å². The second-order valence-electron chi connectivity index (χ2n) is 4.96. The third kappa shape index (κ3) is 3.23. The van der Waals surface area contributed by atoms with Gasteiger partial charge in [-0.05, 0) is 36.8 Å². The van der Waals surface area contributed by atoms with Gasteiger partial charge in [0.15, 0.2) is 0 Å². The van der Waals surface area contributed by atoms with Gasteiger partial charge in [0, 0.05) is 37.6 Å². The highest BCUT2D eigenvalue weighted by Crippen LogP contribution is 2.23. The summed E-state index contributed by atoms with van der Waals surface area (Å²) in [6.07, 6.45) is 0. The van der Waals surface area contributed by atoms with E-state index in [2.05, 4.69) is 11.4 Å². The minimum Gasteiger partial charge on any atom is -0.381 e. The van der Waals surface area contributed by atoms with E-state index < -0.39 is 0 Å². The summed E-state index contributed by atoms with van der Waals surface area (Å²) in [5.41, 5.74) is 3.82. The van der Waals surface area contributed by atoms with Crippen LogP contribution in [-0.2, 0) is 6.54 Å². The highest BCUT2D eigenvalue weighted by Gasteiger charge is 2.07. The molecule has 20 heavy (non-hydrogen) atoms. The Hall–Kier alpha value is -1.74. The minimum absolute atomic E-state index is 0.156. The van der Waals surface area contributed by atoms with E-state index in [9.17, 15) is 4.39 Å². The summed E-state index contributed by atoms with van der Waals surface area (Å²) in [7, 11) is 4.01. The third-order valence-electron chi connectivity index (χ3n) is 3.23. The number of benzene rings is 2. The third-order valence-corrected chi connectivity index (χ3v) is 3.52. The number of aryl methyl sites for hydroxylation is 1. The summed E-state index contributed by atoms with van der Waals surface area (Å²) in [4.78, 5) is 2.05. The number of nitrogens with one attached hydrogen (secondary N) is 1. The molecule has 0 aliphatic carbocycles. The van der Waals surface area contributed by atoms with E-state index in [1.54, 1.807) is 18.2 Å². The van der Waals surface area contributed by atoms with E-state index in [1.807, 2.05) is 38.1 Å². The molecule has 4 heteroatoms. The summed E-state index contributed by atoms with van der Waals surface area (Å²) in [6, 6.07) is 11.2. The summed E-state index contributed by atoms with van der Waals surface area (Å²) in [5, 5.41) is 3.40. The van der Waals surface area contributed by atoms with Crippen LogP contribution in [0.1, 0.15) is 11.1 Å². The Labute approximate surface area is 124 Å². The second-order valence-corrected chi connectivity index (χ2v) is 5.37. The Balaban J connectivity index is 2.13. The molecule has 0 fully saturated rings. The molecule has 0 saturated carbocycles. The second kappa shape index (κ2) is 6.14. The van der Waals surface area contributed by atoms with Crippen molar-refractivity contribution in [2.75, 3.05) is 24.3 Å². The minimum atomic E-state index is -0.357. The van der Waals surface area contributed by atoms with Crippen LogP contribution in [0.15, 0.2) is 36.4 Å². The zero-order valence-electron chi connectivity index (χ0n) is 11.9. The SMILES string of the molecule is Cc1cc(N(C)C)ccc1NCc1cccc(Cl)c1F. The molecule has 2 rings (SSSR count). The first kappa shape index (κ1) is 14.7. The monoisotopic (exact) mass is 292 g/mol. The summed E-state index contributed by atoms with van der Waals surface area (Å²) in [6.45, 7) is 2.44. The average molecular weight is 293 g/mol. The first-order chi connectivity index (χ1) is 9.49. The molecule has 0 atom stereocenters. The molecule has 0 aliphatic heterocycles. The first-order valence-corrected chi connectivity index (χ1v) is 6.81. The van der Waals surface area contributed by atoms with Gasteiger partial charge >= 0.3 is 0 Å². The molecule has 0 spiro atoms. The van der Waals surface area contributed by atoms with Gasteiger partial charge in [-0.3, -0.25) is 0 Å². The van der Waals surface area contributed by atoms with Gasteiger partial charge in [0.05, 0.1) is 5.02 Å². The Morgan fingerprint density at radius 2 is 1.95 bits per heavy atom. The molecule has 0 radical (unpaired) electrons. The predicted octanol–water partition coefficient (Wildman–Crippen LogP) is 4.47. The predicted molar refractivity (Wildman–Crippen MR) is 84.2 cm³/mol. The van der Waals surface area contributed by atoms with Crippen molar-refractivity contribution in [3.8, 4) is 0 Å². The maximum Gasteiger partial charge on any atom is 0.146 e. The van der Waals surface area contributed by atoms with Crippen LogP contribution in [-0.4, -0.2) is 14.1 Å². The van der Waals surface area contributed by atoms with Crippen LogP contribution >= 0.6 is 11.6 Å². The Morgan fingerprint density at radius 3 is 2.60 bits per heavy atom. The fourth-order valence-electron chi connectivity index (χ4n) is 2.00. The lowest BCUT2D eigenvalue weighted by molar-refractivity contribution is 0.613. The Morgan fingerprint density at radius 1 is 1.20 bits per heavy atom. The molecule has 1 N–H and O–H groups in total. The number of hydrogen-bond acceptors (Lipinski definition) is 2. The maximum absolute atomic E-state index is 13.8. The van der Waals surface area contributed by atoms with Crippen LogP contribution in [0.25, 0.3) is 0 Å². The Kier molecular flexibility index (Phi) is 4.50. The molecule has 2 aromatic carbocycles. The van der Waals surface area contributed by atoms with Gasteiger partial charge in [-0.15, -0.1) is 0 Å². The number of halogens is 2. The van der Waals surface area contributed by atoms with Crippen LogP contribution < -0.4 is 10.2 Å². The maximum atomic E-state index is 13.8. The molecule has 0 bridgehead atoms. The average Bonchev–Trinajstić information content (AvgIpc) is 2.41. The van der Waals surface area contributed by atoms with Crippen molar-refractivity contribution in [3.63, 3.8) is 0 Å². The highest BCUT2D eigenvalue weighted by atomic mass is 35.5. The van der Waals surface area contributed by atoms with Gasteiger partial charge in [0.2, 0.25) is 0 Å². The zero-order valence-corrected chi connectivity index (χ0v) is 12.6. The van der Waals surface area contributed by atoms with E-state index in [-0.39, 0.29) is 10.8 Å². The smallest absolute Gasteiger partial charge is 0.146 e. The largest absolute Gasteiger partial charge is 0.381 e. The van der Waals surface area contributed by atoms with Gasteiger partial charge in [0.1, 0.15) is 5.82 Å². The van der Waals surface area contributed by atoms with Crippen LogP contribution in [0.2, 0.25) is 5.02 Å². The van der Waals surface area contributed by atoms with E-state index in [0.717, 1.165) is 16.9 Å². The fourth-order valence-corrected chi connectivity index (χ4v) is 2.19. The quantitative estimate of drug-likeness (QED) is 0.894. The molecule has 0 unspecified atom stereocenters. The van der Waals surface area contributed by atoms with Gasteiger partial charge in [-0.2, -0.15) is 0 Å². The van der Waals surface area contributed by atoms with Crippen molar-refractivity contribution in [3.05, 3.63) is 58.4 Å². The standard InChI is InChI=1S/C16H18ClFN2/c1-11-9-13(20(2)3)7-8-15(11)19-10-12-5-4-6-14(17)16(12)18/h4-9,19H,10H2,1-3H3. The summed E-state index contributed by atoms with van der Waals surface area (Å²) < 4.78 is 13.8. The van der Waals surface area contributed by atoms with Crippen molar-refractivity contribution in [2.24, 2.45) is 0 Å². The number of hydrogen-bond donors (Lipinski definition) is 1. The summed E-state index contributed by atoms with van der Waals surface area (Å²) in [5.74, 6) is -0.357. The molecule has 0 aromatic heterocycles. The molecule has 106 valence electrons. The summed E-state index contributed by atoms with van der Waals surface area (Å²) >= 11 is 5.77. The number of nitrogens with zero attached hydrogens (tertiary/aromatic N) is 1. The number of rotatable bonds is 4. The van der Waals surface area contributed by atoms with Gasteiger partial charge in [-0.1, -0.05) is 23.7 Å². The lowest BCUT2D eigenvalue weighted by Gasteiger charge is -2.16. The van der Waals surface area contributed by atoms with Crippen molar-refractivity contribution in [2.45, 2.75) is 13.5 Å². The molecule has 0 aliphatic rings. The highest BCUT2D eigenvalue weighted by molar-refractivity contribution is 6.30. The molecule has 2 nitrogen and oxygen atoms in total. The number of anilines is 2. The van der Waals surface area contributed by atoms with Crippen molar-refractivity contribution in [1.82, 2.24) is 0 Å². The van der Waals surface area contributed by atoms with Gasteiger partial charge in [0.25, 0.3) is 0 Å². The lowest BCUT2D eigenvalue weighted by atomic mass is 10.1. The molecule has 0 heterocycles. The van der Waals surface area contributed by atoms with E-state index in [0.29, 0.717) is 12.1 Å². The van der Waals surface area contributed by atoms with Gasteiger partial charge < -0.3 is 10.2 Å². The van der Waals surface area contributed by atoms with Crippen molar-refractivity contribution < 1.29 is 4.39 Å². The van der Waals surface area contributed by atoms with Crippen molar-refractivity contribution in [1.29, 1.82) is 0 Å². The van der Waals surface area contributed by atoms with E-state index in [4.69, 9.17) is 11.6 Å². The Bertz CT molecular complexity index is 611. The topological polar surface area (TPSA) is 15.3 Å². The molecular weight excluding hydrogens is 275 g/mol. The van der Waals surface area contributed by atoms with Crippen LogP contribution in [0.3, 0.4) is 0 Å². The molecule has 0 amide bonds. The van der Waals surface area contributed by atoms with E-state index >= 15 is 0 Å². The molecule has 2 aromatic rings. The van der Waals surface area contributed by atoms with Crippen LogP contribution in [0, 0.1) is 12.7 Å². The van der Waals surface area contributed by atoms with Crippen LogP contribution in [0.4, 0.5) is 15.8 Å². The van der Waals surface area contributed by atoms with Crippen LogP contribution in [0.5, 0.6) is 0 Å². The fraction of sp³-hybridized carbons (Fsp3) is 0.250. The van der Waals surface area contributed by atoms with Gasteiger partial charge in [-0.25, -0.2) is 4.39 Å². The lowest BCUT2D eigenvalue weighted by Crippen LogP contribution is -2.09. The van der Waals surface area contributed by atoms with Crippen molar-refractivity contribution >= 4 is 23.0 Å². The first-order valence-electron chi connectivity index (χ1n) is 6.44. The molecule has 0 saturated heterocycles. The normalized spacial score (nSPS) is 10.4. The zero-order chi connectivity index (χ0) is 14.7. The molecular formula is C16H18ClFN2.